The zero-order valence-electron chi connectivity index (χ0n) is 38.2. The van der Waals surface area contributed by atoms with E-state index in [-0.39, 0.29) is 44.7 Å². The molecule has 0 saturated heterocycles. The number of esters is 2. The van der Waals surface area contributed by atoms with Crippen LogP contribution in [0.5, 0.6) is 23.0 Å². The predicted molar refractivity (Wildman–Crippen MR) is 231 cm³/mol. The van der Waals surface area contributed by atoms with Crippen LogP contribution in [0.3, 0.4) is 0 Å². The Hall–Kier alpha value is -5.65. The van der Waals surface area contributed by atoms with Gasteiger partial charge in [-0.25, -0.2) is 0 Å². The lowest BCUT2D eigenvalue weighted by Crippen LogP contribution is -2.46. The van der Waals surface area contributed by atoms with Gasteiger partial charge < -0.3 is 59.1 Å². The fourth-order valence-corrected chi connectivity index (χ4v) is 7.65. The number of amides is 2. The van der Waals surface area contributed by atoms with Gasteiger partial charge >= 0.3 is 17.7 Å². The Morgan fingerprint density at radius 2 is 1.60 bits per heavy atom. The minimum atomic E-state index is -2.08. The molecule has 9 atom stereocenters. The summed E-state index contributed by atoms with van der Waals surface area (Å²) < 4.78 is 35.0. The molecule has 2 aromatic rings. The van der Waals surface area contributed by atoms with E-state index in [1.165, 1.54) is 66.3 Å². The first kappa shape index (κ1) is 50.0. The summed E-state index contributed by atoms with van der Waals surface area (Å²) in [6.07, 6.45) is 3.34. The number of rotatable bonds is 7. The van der Waals surface area contributed by atoms with Gasteiger partial charge in [-0.1, -0.05) is 45.9 Å². The molecule has 0 fully saturated rings. The number of fused-ring (bicyclic) bond motifs is 14. The molecule has 17 heteroatoms. The number of hydrogen-bond acceptors (Lipinski definition) is 15. The summed E-state index contributed by atoms with van der Waals surface area (Å²) in [6.45, 7) is 16.3. The van der Waals surface area contributed by atoms with Crippen LogP contribution in [0, 0.1) is 30.6 Å². The topological polar surface area (TPSA) is 237 Å². The summed E-state index contributed by atoms with van der Waals surface area (Å²) in [5.41, 5.74) is -1.06. The number of hydrogen-bond donors (Lipinski definition) is 5. The molecule has 5 rings (SSSR count). The number of phenols is 2. The van der Waals surface area contributed by atoms with E-state index in [4.69, 9.17) is 28.4 Å². The van der Waals surface area contributed by atoms with Gasteiger partial charge in [-0.15, -0.1) is 0 Å². The highest BCUT2D eigenvalue weighted by Crippen LogP contribution is 2.54. The van der Waals surface area contributed by atoms with Crippen molar-refractivity contribution in [2.45, 2.75) is 112 Å². The summed E-state index contributed by atoms with van der Waals surface area (Å²) in [7, 11) is 2.78. The maximum absolute atomic E-state index is 14.5. The van der Waals surface area contributed by atoms with E-state index in [0.717, 1.165) is 4.90 Å². The van der Waals surface area contributed by atoms with Crippen molar-refractivity contribution >= 4 is 46.0 Å². The number of phenolic OH excluding ortho intramolecular Hbond substituents is 2. The van der Waals surface area contributed by atoms with E-state index >= 15 is 0 Å². The number of aliphatic hydroxyl groups excluding tert-OH is 2. The Balaban J connectivity index is 1.90. The Morgan fingerprint density at radius 1 is 0.952 bits per heavy atom. The Kier molecular flexibility index (Phi) is 15.7. The molecule has 3 heterocycles. The molecule has 3 aliphatic rings. The van der Waals surface area contributed by atoms with Gasteiger partial charge in [0.1, 0.15) is 35.5 Å². The number of aliphatic hydroxyl groups is 2. The minimum Gasteiger partial charge on any atom is -0.507 e. The number of carbonyl (C=O) groups excluding carboxylic acids is 5. The highest BCUT2D eigenvalue weighted by Gasteiger charge is 2.50. The Morgan fingerprint density at radius 3 is 2.21 bits per heavy atom. The lowest BCUT2D eigenvalue weighted by atomic mass is 9.78. The van der Waals surface area contributed by atoms with E-state index in [2.05, 4.69) is 5.32 Å². The zero-order valence-corrected chi connectivity index (χ0v) is 38.2. The van der Waals surface area contributed by atoms with E-state index in [1.807, 2.05) is 0 Å². The Labute approximate surface area is 367 Å². The van der Waals surface area contributed by atoms with Crippen molar-refractivity contribution in [3.05, 3.63) is 53.3 Å². The molecule has 0 saturated carbocycles. The molecule has 5 N–H and O–H groups in total. The summed E-state index contributed by atoms with van der Waals surface area (Å²) in [5.74, 6) is -9.60. The number of Topliss-reactive ketones (excluding diaryl/α,β-unsaturated/α-hetero) is 1. The summed E-state index contributed by atoms with van der Waals surface area (Å²) in [6, 6.07) is 1.19. The van der Waals surface area contributed by atoms with Gasteiger partial charge in [0.15, 0.2) is 12.4 Å². The molecular formula is C46H62N2O15. The monoisotopic (exact) mass is 882 g/mol. The predicted octanol–water partition coefficient (Wildman–Crippen LogP) is 5.23. The van der Waals surface area contributed by atoms with E-state index in [0.29, 0.717) is 0 Å². The first-order chi connectivity index (χ1) is 29.2. The van der Waals surface area contributed by atoms with Gasteiger partial charge in [0.05, 0.1) is 41.2 Å². The molecule has 5 bridgehead atoms. The van der Waals surface area contributed by atoms with Crippen molar-refractivity contribution in [3.8, 4) is 23.0 Å². The molecule has 3 aliphatic heterocycles. The number of ether oxygens (including phenoxy) is 6. The van der Waals surface area contributed by atoms with Crippen LogP contribution in [0.4, 0.5) is 5.69 Å². The van der Waals surface area contributed by atoms with Gasteiger partial charge in [0.25, 0.3) is 17.6 Å². The fraction of sp³-hybridized carbons (Fsp3) is 0.543. The number of allylic oxidation sites excluding steroid dienone is 2. The van der Waals surface area contributed by atoms with E-state index in [1.54, 1.807) is 60.6 Å². The number of carbonyl (C=O) groups is 5. The van der Waals surface area contributed by atoms with E-state index < -0.39 is 114 Å². The van der Waals surface area contributed by atoms with Crippen LogP contribution in [0.2, 0.25) is 0 Å². The standard InChI is InChI=1S/C46H62N2O15/c1-22-15-14-16-23(2)44(57)47-29-19-31(59-21-32(50)48(12)20-33(51)62-45(8,9)10)34-35(40(29)55)39(54)27(6)42-36(34)43(56)46(11,63-42)60-18-17-30(58-13)24(3)41(61-28(7)49)26(5)38(53)25(4)37(22)52/h14-19,22,24-26,30,37-38,41,52-55H,20-21H2,1-13H3,(H,47,57)/b15-14+,18-17+,23-16+. The molecular weight excluding hydrogens is 821 g/mol. The third kappa shape index (κ3) is 11.1. The maximum Gasteiger partial charge on any atom is 0.326 e. The lowest BCUT2D eigenvalue weighted by molar-refractivity contribution is -0.161. The smallest absolute Gasteiger partial charge is 0.326 e. The van der Waals surface area contributed by atoms with Gasteiger partial charge in [0.2, 0.25) is 0 Å². The largest absolute Gasteiger partial charge is 0.507 e. The van der Waals surface area contributed by atoms with Crippen LogP contribution in [0.1, 0.15) is 85.2 Å². The van der Waals surface area contributed by atoms with Gasteiger partial charge in [-0.3, -0.25) is 24.0 Å². The quantitative estimate of drug-likeness (QED) is 0.177. The first-order valence-corrected chi connectivity index (χ1v) is 20.7. The van der Waals surface area contributed by atoms with Crippen molar-refractivity contribution in [3.63, 3.8) is 0 Å². The van der Waals surface area contributed by atoms with Crippen molar-refractivity contribution in [1.82, 2.24) is 4.90 Å². The van der Waals surface area contributed by atoms with Crippen LogP contribution in [0.25, 0.3) is 10.8 Å². The second kappa shape index (κ2) is 19.8. The van der Waals surface area contributed by atoms with Crippen LogP contribution in [-0.2, 0) is 38.1 Å². The molecule has 2 aromatic carbocycles. The number of methoxy groups -OCH3 is 1. The number of ketones is 1. The molecule has 9 unspecified atom stereocenters. The molecule has 0 aromatic heterocycles. The number of benzene rings is 2. The normalized spacial score (nSPS) is 28.8. The van der Waals surface area contributed by atoms with Gasteiger partial charge in [0, 0.05) is 74.3 Å². The molecule has 0 aliphatic carbocycles. The molecule has 346 valence electrons. The average molecular weight is 883 g/mol. The summed E-state index contributed by atoms with van der Waals surface area (Å²) in [5, 5.41) is 48.3. The third-order valence-corrected chi connectivity index (χ3v) is 11.4. The summed E-state index contributed by atoms with van der Waals surface area (Å²) >= 11 is 0. The van der Waals surface area contributed by atoms with Crippen LogP contribution in [-0.4, -0.2) is 118 Å². The van der Waals surface area contributed by atoms with Gasteiger partial charge in [-0.05, 0) is 40.7 Å². The van der Waals surface area contributed by atoms with Crippen molar-refractivity contribution < 1.29 is 72.8 Å². The van der Waals surface area contributed by atoms with Crippen molar-refractivity contribution in [2.75, 3.05) is 32.6 Å². The maximum atomic E-state index is 14.5. The number of likely N-dealkylation sites (N-methyl/N-ethyl adjacent to an activating group) is 1. The minimum absolute atomic E-state index is 0.0254. The Bertz CT molecular complexity index is 2190. The number of nitrogens with one attached hydrogen (secondary N) is 1. The molecule has 17 nitrogen and oxygen atoms in total. The SMILES string of the molecule is COC1/C=C/OC2(C)Oc3c(C)c(O)c4c(O)c(cc(OCC(=O)N(C)CC(=O)OC(C)(C)C)c4c3C2=O)NC(=O)/C(C)=C/C=C/C(C)C(O)C(C)C(O)C(C)C(OC(C)=O)C1C. The molecule has 2 amide bonds. The molecule has 63 heavy (non-hydrogen) atoms. The first-order valence-electron chi connectivity index (χ1n) is 20.7. The average Bonchev–Trinajstić information content (AvgIpc) is 3.47. The van der Waals surface area contributed by atoms with Crippen LogP contribution >= 0.6 is 0 Å². The fourth-order valence-electron chi connectivity index (χ4n) is 7.65. The van der Waals surface area contributed by atoms with Crippen LogP contribution < -0.4 is 14.8 Å². The second-order valence-corrected chi connectivity index (χ2v) is 17.5. The van der Waals surface area contributed by atoms with Crippen molar-refractivity contribution in [2.24, 2.45) is 23.7 Å². The highest BCUT2D eigenvalue weighted by molar-refractivity contribution is 6.21. The number of nitrogens with zero attached hydrogens (tertiary/aromatic N) is 1. The third-order valence-electron chi connectivity index (χ3n) is 11.4. The highest BCUT2D eigenvalue weighted by atomic mass is 16.7. The lowest BCUT2D eigenvalue weighted by Gasteiger charge is -2.38. The van der Waals surface area contributed by atoms with E-state index in [9.17, 15) is 44.4 Å². The molecule has 0 radical (unpaired) electrons. The second-order valence-electron chi connectivity index (χ2n) is 17.5. The summed E-state index contributed by atoms with van der Waals surface area (Å²) in [4.78, 5) is 67.4. The molecule has 0 spiro atoms. The van der Waals surface area contributed by atoms with Gasteiger partial charge in [-0.2, -0.15) is 0 Å². The number of anilines is 1. The van der Waals surface area contributed by atoms with Crippen LogP contribution in [0.15, 0.2) is 42.2 Å². The zero-order chi connectivity index (χ0) is 47.5. The number of aromatic hydroxyl groups is 2. The van der Waals surface area contributed by atoms with Crippen molar-refractivity contribution in [1.29, 1.82) is 0 Å².